The van der Waals surface area contributed by atoms with Crippen LogP contribution in [0.4, 0.5) is 0 Å². The van der Waals surface area contributed by atoms with E-state index in [-0.39, 0.29) is 6.10 Å². The maximum Gasteiger partial charge on any atom is 0.0821 e. The molecule has 0 bridgehead atoms. The molecule has 2 heteroatoms. The second kappa shape index (κ2) is 6.72. The molecule has 2 unspecified atom stereocenters. The lowest BCUT2D eigenvalue weighted by Crippen LogP contribution is -2.25. The smallest absolute Gasteiger partial charge is 0.0821 e. The first-order valence-electron chi connectivity index (χ1n) is 6.90. The van der Waals surface area contributed by atoms with Crippen molar-refractivity contribution < 1.29 is 5.11 Å². The highest BCUT2D eigenvalue weighted by atomic mass is 16.3. The Balaban J connectivity index is 1.83. The second-order valence-electron chi connectivity index (χ2n) is 5.06. The van der Waals surface area contributed by atoms with Gasteiger partial charge in [-0.15, -0.1) is 6.58 Å². The third kappa shape index (κ3) is 3.21. The fraction of sp³-hybridized carbons (Fsp3) is 0.500. The Hall–Kier alpha value is -1.12. The van der Waals surface area contributed by atoms with Crippen molar-refractivity contribution in [2.75, 3.05) is 13.1 Å². The molecule has 2 atom stereocenters. The van der Waals surface area contributed by atoms with Crippen LogP contribution < -0.4 is 5.32 Å². The summed E-state index contributed by atoms with van der Waals surface area (Å²) in [6.07, 6.45) is 5.91. The van der Waals surface area contributed by atoms with Crippen molar-refractivity contribution in [1.29, 1.82) is 0 Å². The van der Waals surface area contributed by atoms with Crippen molar-refractivity contribution in [3.63, 3.8) is 0 Å². The first-order chi connectivity index (χ1) is 8.83. The van der Waals surface area contributed by atoms with Crippen LogP contribution in [0.3, 0.4) is 0 Å². The summed E-state index contributed by atoms with van der Waals surface area (Å²) < 4.78 is 0. The molecule has 0 radical (unpaired) electrons. The van der Waals surface area contributed by atoms with Crippen molar-refractivity contribution in [3.05, 3.63) is 48.0 Å². The molecule has 98 valence electrons. The van der Waals surface area contributed by atoms with Crippen LogP contribution in [-0.4, -0.2) is 18.2 Å². The zero-order valence-corrected chi connectivity index (χ0v) is 10.9. The third-order valence-corrected chi connectivity index (χ3v) is 3.82. The van der Waals surface area contributed by atoms with Gasteiger partial charge in [-0.3, -0.25) is 0 Å². The molecule has 2 nitrogen and oxygen atoms in total. The zero-order valence-electron chi connectivity index (χ0n) is 10.9. The molecule has 0 saturated carbocycles. The molecule has 0 amide bonds. The largest absolute Gasteiger partial charge is 0.388 e. The molecule has 1 aliphatic carbocycles. The molecule has 2 rings (SSSR count). The molecular formula is C16H23NO. The summed E-state index contributed by atoms with van der Waals surface area (Å²) in [5.74, 6) is 0.399. The maximum atomic E-state index is 10.4. The van der Waals surface area contributed by atoms with E-state index in [0.717, 1.165) is 44.3 Å². The predicted octanol–water partition coefficient (Wildman–Crippen LogP) is 2.84. The fourth-order valence-electron chi connectivity index (χ4n) is 2.72. The lowest BCUT2D eigenvalue weighted by atomic mass is 9.80. The van der Waals surface area contributed by atoms with Crippen LogP contribution in [0.2, 0.25) is 0 Å². The normalized spacial score (nSPS) is 22.5. The summed E-state index contributed by atoms with van der Waals surface area (Å²) in [4.78, 5) is 0. The minimum Gasteiger partial charge on any atom is -0.388 e. The fourth-order valence-corrected chi connectivity index (χ4v) is 2.72. The molecule has 0 aromatic heterocycles. The van der Waals surface area contributed by atoms with E-state index in [1.54, 1.807) is 0 Å². The molecule has 0 spiro atoms. The van der Waals surface area contributed by atoms with Gasteiger partial charge in [0.1, 0.15) is 0 Å². The summed E-state index contributed by atoms with van der Waals surface area (Å²) in [6, 6.07) is 8.28. The van der Waals surface area contributed by atoms with Gasteiger partial charge in [-0.05, 0) is 55.8 Å². The summed E-state index contributed by atoms with van der Waals surface area (Å²) >= 11 is 0. The molecule has 0 heterocycles. The van der Waals surface area contributed by atoms with E-state index in [2.05, 4.69) is 30.1 Å². The number of hydrogen-bond donors (Lipinski definition) is 2. The average Bonchev–Trinajstić information content (AvgIpc) is 2.41. The highest BCUT2D eigenvalue weighted by Gasteiger charge is 2.26. The van der Waals surface area contributed by atoms with Crippen LogP contribution in [0.25, 0.3) is 0 Å². The first kappa shape index (κ1) is 13.3. The molecule has 1 aromatic carbocycles. The van der Waals surface area contributed by atoms with E-state index in [4.69, 9.17) is 0 Å². The van der Waals surface area contributed by atoms with Crippen LogP contribution in [0.5, 0.6) is 0 Å². The summed E-state index contributed by atoms with van der Waals surface area (Å²) in [5, 5.41) is 13.8. The minimum absolute atomic E-state index is 0.281. The van der Waals surface area contributed by atoms with Gasteiger partial charge in [-0.2, -0.15) is 0 Å². The van der Waals surface area contributed by atoms with Crippen molar-refractivity contribution in [2.24, 2.45) is 5.92 Å². The Morgan fingerprint density at radius 2 is 2.17 bits per heavy atom. The van der Waals surface area contributed by atoms with Gasteiger partial charge in [0.15, 0.2) is 0 Å². The summed E-state index contributed by atoms with van der Waals surface area (Å²) in [7, 11) is 0. The Morgan fingerprint density at radius 3 is 3.00 bits per heavy atom. The number of aliphatic hydroxyl groups excluding tert-OH is 1. The van der Waals surface area contributed by atoms with E-state index in [1.165, 1.54) is 5.56 Å². The molecule has 0 fully saturated rings. The van der Waals surface area contributed by atoms with Crippen LogP contribution in [0.15, 0.2) is 36.9 Å². The van der Waals surface area contributed by atoms with Crippen molar-refractivity contribution in [3.8, 4) is 0 Å². The number of hydrogen-bond acceptors (Lipinski definition) is 2. The third-order valence-electron chi connectivity index (χ3n) is 3.82. The van der Waals surface area contributed by atoms with Crippen molar-refractivity contribution >= 4 is 0 Å². The number of aryl methyl sites for hydroxylation is 1. The average molecular weight is 245 g/mol. The number of rotatable bonds is 6. The number of fused-ring (bicyclic) bond motifs is 1. The Morgan fingerprint density at radius 1 is 1.33 bits per heavy atom. The Labute approximate surface area is 110 Å². The van der Waals surface area contributed by atoms with E-state index in [0.29, 0.717) is 5.92 Å². The van der Waals surface area contributed by atoms with Crippen molar-refractivity contribution in [1.82, 2.24) is 5.32 Å². The van der Waals surface area contributed by atoms with E-state index >= 15 is 0 Å². The van der Waals surface area contributed by atoms with E-state index < -0.39 is 0 Å². The highest BCUT2D eigenvalue weighted by molar-refractivity contribution is 5.31. The summed E-state index contributed by atoms with van der Waals surface area (Å²) in [5.41, 5.74) is 2.46. The number of benzene rings is 1. The topological polar surface area (TPSA) is 32.3 Å². The molecule has 18 heavy (non-hydrogen) atoms. The molecular weight excluding hydrogens is 222 g/mol. The van der Waals surface area contributed by atoms with Gasteiger partial charge in [0.05, 0.1) is 6.10 Å². The standard InChI is InChI=1S/C16H23NO/c1-2-3-11-17-12-10-14-9-8-13-6-4-5-7-15(13)16(14)18/h2,4-7,14,16-18H,1,3,8-12H2. The van der Waals surface area contributed by atoms with Gasteiger partial charge in [-0.25, -0.2) is 0 Å². The van der Waals surface area contributed by atoms with Crippen LogP contribution in [0, 0.1) is 5.92 Å². The SMILES string of the molecule is C=CCCNCCC1CCc2ccccc2C1O. The van der Waals surface area contributed by atoms with Crippen LogP contribution >= 0.6 is 0 Å². The van der Waals surface area contributed by atoms with E-state index in [1.807, 2.05) is 12.1 Å². The Bertz CT molecular complexity index is 388. The van der Waals surface area contributed by atoms with Gasteiger partial charge in [0.2, 0.25) is 0 Å². The molecule has 1 aliphatic rings. The molecule has 1 aromatic rings. The zero-order chi connectivity index (χ0) is 12.8. The number of nitrogens with one attached hydrogen (secondary N) is 1. The minimum atomic E-state index is -0.281. The number of aliphatic hydroxyl groups is 1. The van der Waals surface area contributed by atoms with Crippen LogP contribution in [0.1, 0.15) is 36.5 Å². The first-order valence-corrected chi connectivity index (χ1v) is 6.90. The highest BCUT2D eigenvalue weighted by Crippen LogP contribution is 2.35. The van der Waals surface area contributed by atoms with Crippen LogP contribution in [-0.2, 0) is 6.42 Å². The predicted molar refractivity (Wildman–Crippen MR) is 75.5 cm³/mol. The van der Waals surface area contributed by atoms with Gasteiger partial charge in [-0.1, -0.05) is 30.3 Å². The lowest BCUT2D eigenvalue weighted by Gasteiger charge is -2.30. The van der Waals surface area contributed by atoms with Gasteiger partial charge < -0.3 is 10.4 Å². The molecule has 0 aliphatic heterocycles. The lowest BCUT2D eigenvalue weighted by molar-refractivity contribution is 0.0886. The summed E-state index contributed by atoms with van der Waals surface area (Å²) in [6.45, 7) is 5.68. The Kier molecular flexibility index (Phi) is 4.97. The quantitative estimate of drug-likeness (QED) is 0.596. The molecule has 0 saturated heterocycles. The van der Waals surface area contributed by atoms with Gasteiger partial charge in [0.25, 0.3) is 0 Å². The van der Waals surface area contributed by atoms with Crippen molar-refractivity contribution in [2.45, 2.75) is 31.8 Å². The van der Waals surface area contributed by atoms with Gasteiger partial charge in [0, 0.05) is 0 Å². The van der Waals surface area contributed by atoms with Gasteiger partial charge >= 0.3 is 0 Å². The monoisotopic (exact) mass is 245 g/mol. The maximum absolute atomic E-state index is 10.4. The van der Waals surface area contributed by atoms with E-state index in [9.17, 15) is 5.11 Å². The second-order valence-corrected chi connectivity index (χ2v) is 5.06. The molecule has 2 N–H and O–H groups in total.